The molecule has 0 aromatic carbocycles. The number of nitrogens with one attached hydrogen (secondary N) is 1. The lowest BCUT2D eigenvalue weighted by Crippen LogP contribution is -2.26. The van der Waals surface area contributed by atoms with Gasteiger partial charge in [-0.15, -0.1) is 0 Å². The second kappa shape index (κ2) is 5.18. The maximum absolute atomic E-state index is 5.37. The average Bonchev–Trinajstić information content (AvgIpc) is 2.67. The molecule has 1 saturated carbocycles. The molecule has 0 saturated heterocycles. The largest absolute Gasteiger partial charge is 0.390 e. The molecular weight excluding hydrogens is 204 g/mol. The third-order valence-corrected chi connectivity index (χ3v) is 3.31. The van der Waals surface area contributed by atoms with Crippen molar-refractivity contribution in [3.63, 3.8) is 0 Å². The quantitative estimate of drug-likeness (QED) is 0.821. The summed E-state index contributed by atoms with van der Waals surface area (Å²) < 4.78 is 5.11. The van der Waals surface area contributed by atoms with Crippen LogP contribution in [0.2, 0.25) is 0 Å². The molecule has 1 fully saturated rings. The predicted molar refractivity (Wildman–Crippen MR) is 63.0 cm³/mol. The Labute approximate surface area is 95.8 Å². The third-order valence-electron chi connectivity index (χ3n) is 3.31. The minimum atomic E-state index is 0.127. The first-order valence-electron chi connectivity index (χ1n) is 6.13. The van der Waals surface area contributed by atoms with Gasteiger partial charge < -0.3 is 15.5 Å². The van der Waals surface area contributed by atoms with Gasteiger partial charge in [0.1, 0.15) is 0 Å². The van der Waals surface area contributed by atoms with Gasteiger partial charge in [0.2, 0.25) is 0 Å². The molecule has 5 nitrogen and oxygen atoms in total. The molecule has 3 N–H and O–H groups in total. The van der Waals surface area contributed by atoms with Crippen molar-refractivity contribution in [2.75, 3.05) is 11.1 Å². The van der Waals surface area contributed by atoms with Gasteiger partial charge in [-0.2, -0.15) is 0 Å². The second-order valence-corrected chi connectivity index (χ2v) is 4.60. The Morgan fingerprint density at radius 1 is 1.31 bits per heavy atom. The molecule has 0 aliphatic heterocycles. The summed E-state index contributed by atoms with van der Waals surface area (Å²) in [5.74, 6) is 0.913. The van der Waals surface area contributed by atoms with E-state index in [-0.39, 0.29) is 6.01 Å². The van der Waals surface area contributed by atoms with E-state index in [4.69, 9.17) is 10.2 Å². The Morgan fingerprint density at radius 3 is 2.62 bits per heavy atom. The Morgan fingerprint density at radius 2 is 2.06 bits per heavy atom. The number of nitrogens with two attached hydrogens (primary N) is 1. The highest BCUT2D eigenvalue weighted by Gasteiger charge is 2.21. The zero-order valence-electron chi connectivity index (χ0n) is 9.78. The van der Waals surface area contributed by atoms with Crippen molar-refractivity contribution in [2.24, 2.45) is 5.92 Å². The van der Waals surface area contributed by atoms with E-state index in [1.807, 2.05) is 0 Å². The van der Waals surface area contributed by atoms with Crippen LogP contribution in [0, 0.1) is 5.92 Å². The molecule has 0 spiro atoms. The van der Waals surface area contributed by atoms with E-state index >= 15 is 0 Å². The number of nitrogen functional groups attached to an aromatic ring is 1. The molecule has 1 aliphatic carbocycles. The molecule has 1 aromatic rings. The van der Waals surface area contributed by atoms with Gasteiger partial charge in [0, 0.05) is 6.04 Å². The van der Waals surface area contributed by atoms with Crippen LogP contribution in [0.5, 0.6) is 0 Å². The first-order valence-corrected chi connectivity index (χ1v) is 6.13. The molecule has 0 bridgehead atoms. The van der Waals surface area contributed by atoms with Crippen LogP contribution in [0.4, 0.5) is 12.0 Å². The van der Waals surface area contributed by atoms with Crippen LogP contribution in [-0.4, -0.2) is 16.2 Å². The maximum Gasteiger partial charge on any atom is 0.317 e. The Hall–Kier alpha value is -1.26. The van der Waals surface area contributed by atoms with Gasteiger partial charge in [-0.1, -0.05) is 30.0 Å². The third kappa shape index (κ3) is 2.87. The first-order chi connectivity index (χ1) is 7.78. The van der Waals surface area contributed by atoms with Gasteiger partial charge in [-0.3, -0.25) is 0 Å². The number of hydrogen-bond donors (Lipinski definition) is 2. The monoisotopic (exact) mass is 224 g/mol. The van der Waals surface area contributed by atoms with Crippen LogP contribution in [0.15, 0.2) is 4.42 Å². The van der Waals surface area contributed by atoms with Crippen LogP contribution in [0.3, 0.4) is 0 Å². The van der Waals surface area contributed by atoms with E-state index in [1.54, 1.807) is 0 Å². The highest BCUT2D eigenvalue weighted by molar-refractivity contribution is 5.24. The van der Waals surface area contributed by atoms with Crippen molar-refractivity contribution >= 4 is 12.0 Å². The topological polar surface area (TPSA) is 77.0 Å². The van der Waals surface area contributed by atoms with Crippen LogP contribution in [0.1, 0.15) is 45.4 Å². The molecule has 1 heterocycles. The van der Waals surface area contributed by atoms with E-state index in [2.05, 4.69) is 22.4 Å². The van der Waals surface area contributed by atoms with Crippen molar-refractivity contribution in [1.82, 2.24) is 10.2 Å². The lowest BCUT2D eigenvalue weighted by Gasteiger charge is -2.28. The van der Waals surface area contributed by atoms with Crippen molar-refractivity contribution in [2.45, 2.75) is 51.5 Å². The molecule has 0 amide bonds. The van der Waals surface area contributed by atoms with E-state index in [0.717, 1.165) is 5.92 Å². The smallest absolute Gasteiger partial charge is 0.317 e. The molecule has 0 atom stereocenters. The van der Waals surface area contributed by atoms with Gasteiger partial charge in [0.05, 0.1) is 0 Å². The minimum Gasteiger partial charge on any atom is -0.390 e. The standard InChI is InChI=1S/C11H20N4O/c1-2-3-8-4-6-9(7-5-8)13-11-15-14-10(12)16-11/h8-9H,2-7H2,1H3,(H2,12,14)(H,13,15). The molecule has 0 radical (unpaired) electrons. The Kier molecular flexibility index (Phi) is 3.64. The van der Waals surface area contributed by atoms with E-state index in [1.165, 1.54) is 38.5 Å². The summed E-state index contributed by atoms with van der Waals surface area (Å²) in [6.45, 7) is 2.26. The summed E-state index contributed by atoms with van der Waals surface area (Å²) in [6.07, 6.45) is 7.63. The zero-order valence-corrected chi connectivity index (χ0v) is 9.78. The summed E-state index contributed by atoms with van der Waals surface area (Å²) in [5, 5.41) is 10.7. The number of nitrogens with zero attached hydrogens (tertiary/aromatic N) is 2. The van der Waals surface area contributed by atoms with Gasteiger partial charge in [-0.05, 0) is 31.6 Å². The molecule has 1 aliphatic rings. The van der Waals surface area contributed by atoms with Gasteiger partial charge >= 0.3 is 12.0 Å². The minimum absolute atomic E-state index is 0.127. The van der Waals surface area contributed by atoms with E-state index < -0.39 is 0 Å². The molecular formula is C11H20N4O. The summed E-state index contributed by atoms with van der Waals surface area (Å²) in [6, 6.07) is 1.05. The average molecular weight is 224 g/mol. The predicted octanol–water partition coefficient (Wildman–Crippen LogP) is 2.42. The van der Waals surface area contributed by atoms with Gasteiger partial charge in [-0.25, -0.2) is 0 Å². The molecule has 1 aromatic heterocycles. The van der Waals surface area contributed by atoms with E-state index in [0.29, 0.717) is 12.1 Å². The lowest BCUT2D eigenvalue weighted by atomic mass is 9.83. The zero-order chi connectivity index (χ0) is 11.4. The van der Waals surface area contributed by atoms with E-state index in [9.17, 15) is 0 Å². The van der Waals surface area contributed by atoms with Crippen molar-refractivity contribution < 1.29 is 4.42 Å². The fourth-order valence-electron chi connectivity index (χ4n) is 2.47. The Balaban J connectivity index is 1.77. The number of rotatable bonds is 4. The van der Waals surface area contributed by atoms with Crippen LogP contribution in [-0.2, 0) is 0 Å². The van der Waals surface area contributed by atoms with Crippen molar-refractivity contribution in [1.29, 1.82) is 0 Å². The summed E-state index contributed by atoms with van der Waals surface area (Å²) >= 11 is 0. The maximum atomic E-state index is 5.37. The normalized spacial score (nSPS) is 25.6. The Bertz CT molecular complexity index is 318. The summed E-state index contributed by atoms with van der Waals surface area (Å²) in [7, 11) is 0. The van der Waals surface area contributed by atoms with Crippen molar-refractivity contribution in [3.05, 3.63) is 0 Å². The number of anilines is 2. The molecule has 5 heteroatoms. The van der Waals surface area contributed by atoms with Crippen LogP contribution >= 0.6 is 0 Å². The molecule has 16 heavy (non-hydrogen) atoms. The number of hydrogen-bond acceptors (Lipinski definition) is 5. The summed E-state index contributed by atoms with van der Waals surface area (Å²) in [5.41, 5.74) is 5.37. The fourth-order valence-corrected chi connectivity index (χ4v) is 2.47. The van der Waals surface area contributed by atoms with Crippen molar-refractivity contribution in [3.8, 4) is 0 Å². The lowest BCUT2D eigenvalue weighted by molar-refractivity contribution is 0.316. The molecule has 0 unspecified atom stereocenters. The van der Waals surface area contributed by atoms with Gasteiger partial charge in [0.15, 0.2) is 0 Å². The highest BCUT2D eigenvalue weighted by Crippen LogP contribution is 2.29. The van der Waals surface area contributed by atoms with Gasteiger partial charge in [0.25, 0.3) is 0 Å². The fraction of sp³-hybridized carbons (Fsp3) is 0.818. The number of aromatic nitrogens is 2. The van der Waals surface area contributed by atoms with Crippen LogP contribution < -0.4 is 11.1 Å². The first kappa shape index (κ1) is 11.2. The molecule has 90 valence electrons. The van der Waals surface area contributed by atoms with Crippen LogP contribution in [0.25, 0.3) is 0 Å². The molecule has 2 rings (SSSR count). The highest BCUT2D eigenvalue weighted by atomic mass is 16.4. The SMILES string of the molecule is CCCC1CCC(Nc2nnc(N)o2)CC1. The second-order valence-electron chi connectivity index (χ2n) is 4.60. The summed E-state index contributed by atoms with van der Waals surface area (Å²) in [4.78, 5) is 0.